The molecule has 4 aliphatic rings. The molecule has 6 heterocycles. The molecule has 1 fully saturated rings. The molecule has 41 heavy (non-hydrogen) atoms. The van der Waals surface area contributed by atoms with Gasteiger partial charge in [0.2, 0.25) is 0 Å². The van der Waals surface area contributed by atoms with E-state index in [1.54, 1.807) is 4.57 Å². The van der Waals surface area contributed by atoms with Crippen LogP contribution in [0.25, 0.3) is 22.3 Å². The lowest BCUT2D eigenvalue weighted by molar-refractivity contribution is -0.187. The molecule has 0 amide bonds. The second-order valence-electron chi connectivity index (χ2n) is 11.7. The molecule has 1 saturated heterocycles. The topological polar surface area (TPSA) is 95.4 Å². The number of esters is 1. The van der Waals surface area contributed by atoms with Crippen molar-refractivity contribution in [2.45, 2.75) is 58.6 Å². The molecule has 0 N–H and O–H groups in total. The van der Waals surface area contributed by atoms with Crippen LogP contribution in [0, 0.1) is 0 Å². The van der Waals surface area contributed by atoms with Crippen LogP contribution in [0.2, 0.25) is 0 Å². The van der Waals surface area contributed by atoms with Gasteiger partial charge >= 0.3 is 5.97 Å². The van der Waals surface area contributed by atoms with E-state index < -0.39 is 11.6 Å². The summed E-state index contributed by atoms with van der Waals surface area (Å²) < 4.78 is 25.4. The van der Waals surface area contributed by atoms with Gasteiger partial charge in [0, 0.05) is 55.3 Å². The van der Waals surface area contributed by atoms with Gasteiger partial charge in [0.1, 0.15) is 19.8 Å². The van der Waals surface area contributed by atoms with Crippen molar-refractivity contribution in [1.29, 1.82) is 0 Å². The molecule has 216 valence electrons. The molecule has 1 unspecified atom stereocenters. The molecule has 0 bridgehead atoms. The highest BCUT2D eigenvalue weighted by molar-refractivity contribution is 5.91. The number of hydrogen-bond donors (Lipinski definition) is 0. The van der Waals surface area contributed by atoms with Crippen LogP contribution in [0.4, 0.5) is 0 Å². The monoisotopic (exact) mass is 560 g/mol. The summed E-state index contributed by atoms with van der Waals surface area (Å²) in [5, 5.41) is 1.02. The Kier molecular flexibility index (Phi) is 6.33. The number of carbonyl (C=O) groups excluding carboxylic acids is 1. The minimum absolute atomic E-state index is 0.0578. The third kappa shape index (κ3) is 4.14. The molecule has 0 radical (unpaired) electrons. The number of piperazine rings is 1. The highest BCUT2D eigenvalue weighted by Gasteiger charge is 2.48. The van der Waals surface area contributed by atoms with Crippen LogP contribution in [-0.4, -0.2) is 77.9 Å². The van der Waals surface area contributed by atoms with Crippen molar-refractivity contribution in [2.75, 3.05) is 46.4 Å². The van der Waals surface area contributed by atoms with E-state index in [0.29, 0.717) is 48.7 Å². The van der Waals surface area contributed by atoms with Crippen molar-refractivity contribution in [2.24, 2.45) is 0 Å². The van der Waals surface area contributed by atoms with E-state index in [-0.39, 0.29) is 18.3 Å². The molecule has 7 rings (SSSR count). The predicted molar refractivity (Wildman–Crippen MR) is 152 cm³/mol. The van der Waals surface area contributed by atoms with Gasteiger partial charge in [-0.05, 0) is 45.0 Å². The second-order valence-corrected chi connectivity index (χ2v) is 11.7. The third-order valence-electron chi connectivity index (χ3n) is 8.85. The molecule has 1 atom stereocenters. The normalized spacial score (nSPS) is 22.0. The van der Waals surface area contributed by atoms with Gasteiger partial charge in [0.05, 0.1) is 35.1 Å². The average Bonchev–Trinajstić information content (AvgIpc) is 3.33. The second kappa shape index (κ2) is 9.82. The number of hydrogen-bond acceptors (Lipinski definition) is 9. The fourth-order valence-electron chi connectivity index (χ4n) is 6.69. The maximum atomic E-state index is 14.0. The Bertz CT molecular complexity index is 1620. The van der Waals surface area contributed by atoms with Crippen molar-refractivity contribution < 1.29 is 23.7 Å². The zero-order valence-corrected chi connectivity index (χ0v) is 24.1. The van der Waals surface area contributed by atoms with Crippen LogP contribution in [-0.2, 0) is 39.6 Å². The summed E-state index contributed by atoms with van der Waals surface area (Å²) in [6.07, 6.45) is 0.123. The van der Waals surface area contributed by atoms with Gasteiger partial charge < -0.3 is 28.4 Å². The van der Waals surface area contributed by atoms with E-state index in [1.807, 2.05) is 39.0 Å². The number of rotatable bonds is 5. The molecule has 0 saturated carbocycles. The average molecular weight is 561 g/mol. The lowest BCUT2D eigenvalue weighted by atomic mass is 9.85. The molecular weight excluding hydrogens is 524 g/mol. The van der Waals surface area contributed by atoms with Crippen molar-refractivity contribution in [3.8, 4) is 22.9 Å². The van der Waals surface area contributed by atoms with Crippen LogP contribution in [0.5, 0.6) is 11.5 Å². The molecule has 0 aliphatic carbocycles. The van der Waals surface area contributed by atoms with E-state index in [1.165, 1.54) is 0 Å². The number of benzene rings is 1. The molecule has 4 aliphatic heterocycles. The number of aromatic nitrogens is 2. The summed E-state index contributed by atoms with van der Waals surface area (Å²) in [5.41, 5.74) is 4.05. The van der Waals surface area contributed by atoms with Crippen LogP contribution in [0.15, 0.2) is 23.0 Å². The quantitative estimate of drug-likeness (QED) is 0.342. The van der Waals surface area contributed by atoms with Gasteiger partial charge in [0.25, 0.3) is 5.56 Å². The standard InChI is InChI=1S/C31H36N4O6/c1-5-31(41-18(2)3)23-13-25-28-21(16-35(25)29(36)22(23)17-40-30(31)37)20(15-34-8-6-33(4)7-9-34)19-12-26-27(14-24(19)32-28)39-11-10-38-26/h12-14,18H,5-11,15-17H2,1-4H3. The third-order valence-corrected chi connectivity index (χ3v) is 8.85. The summed E-state index contributed by atoms with van der Waals surface area (Å²) >= 11 is 0. The Morgan fingerprint density at radius 3 is 2.44 bits per heavy atom. The number of nitrogens with zero attached hydrogens (tertiary/aromatic N) is 4. The van der Waals surface area contributed by atoms with Crippen LogP contribution in [0.1, 0.15) is 49.4 Å². The van der Waals surface area contributed by atoms with E-state index >= 15 is 0 Å². The smallest absolute Gasteiger partial charge is 0.343 e. The molecular formula is C31H36N4O6. The minimum atomic E-state index is -1.33. The van der Waals surface area contributed by atoms with Gasteiger partial charge in [-0.2, -0.15) is 0 Å². The van der Waals surface area contributed by atoms with E-state index in [4.69, 9.17) is 23.9 Å². The number of cyclic esters (lactones) is 1. The van der Waals surface area contributed by atoms with Crippen molar-refractivity contribution in [1.82, 2.24) is 19.4 Å². The lowest BCUT2D eigenvalue weighted by Crippen LogP contribution is -2.47. The summed E-state index contributed by atoms with van der Waals surface area (Å²) in [5.74, 6) is 0.956. The summed E-state index contributed by atoms with van der Waals surface area (Å²) in [6.45, 7) is 11.7. The summed E-state index contributed by atoms with van der Waals surface area (Å²) in [4.78, 5) is 37.2. The zero-order valence-electron chi connectivity index (χ0n) is 24.1. The Morgan fingerprint density at radius 2 is 1.73 bits per heavy atom. The van der Waals surface area contributed by atoms with E-state index in [9.17, 15) is 9.59 Å². The number of pyridine rings is 2. The van der Waals surface area contributed by atoms with Crippen LogP contribution in [0.3, 0.4) is 0 Å². The van der Waals surface area contributed by atoms with E-state index in [0.717, 1.165) is 66.2 Å². The van der Waals surface area contributed by atoms with Gasteiger partial charge in [-0.25, -0.2) is 9.78 Å². The molecule has 2 aromatic heterocycles. The number of fused-ring (bicyclic) bond motifs is 6. The molecule has 1 aromatic carbocycles. The van der Waals surface area contributed by atoms with E-state index in [2.05, 4.69) is 16.8 Å². The fourth-order valence-corrected chi connectivity index (χ4v) is 6.69. The number of ether oxygens (including phenoxy) is 4. The van der Waals surface area contributed by atoms with Crippen molar-refractivity contribution >= 4 is 16.9 Å². The Morgan fingerprint density at radius 1 is 1.00 bits per heavy atom. The Balaban J connectivity index is 1.44. The largest absolute Gasteiger partial charge is 0.486 e. The summed E-state index contributed by atoms with van der Waals surface area (Å²) in [7, 11) is 2.15. The highest BCUT2D eigenvalue weighted by Crippen LogP contribution is 2.44. The lowest BCUT2D eigenvalue weighted by Gasteiger charge is -2.37. The Hall–Kier alpha value is -3.47. The Labute approximate surface area is 238 Å². The molecule has 10 nitrogen and oxygen atoms in total. The van der Waals surface area contributed by atoms with Gasteiger partial charge in [-0.15, -0.1) is 0 Å². The first-order valence-corrected chi connectivity index (χ1v) is 14.6. The molecule has 10 heteroatoms. The van der Waals surface area contributed by atoms with Crippen molar-refractivity contribution in [3.05, 3.63) is 50.8 Å². The first-order chi connectivity index (χ1) is 19.8. The van der Waals surface area contributed by atoms with Gasteiger partial charge in [-0.3, -0.25) is 9.69 Å². The van der Waals surface area contributed by atoms with Gasteiger partial charge in [-0.1, -0.05) is 6.92 Å². The fraction of sp³-hybridized carbons (Fsp3) is 0.516. The van der Waals surface area contributed by atoms with Gasteiger partial charge in [0.15, 0.2) is 17.1 Å². The first-order valence-electron chi connectivity index (χ1n) is 14.6. The molecule has 0 spiro atoms. The predicted octanol–water partition coefficient (Wildman–Crippen LogP) is 3.03. The van der Waals surface area contributed by atoms with Crippen LogP contribution < -0.4 is 15.0 Å². The first kappa shape index (κ1) is 26.4. The highest BCUT2D eigenvalue weighted by atomic mass is 16.6. The minimum Gasteiger partial charge on any atom is -0.486 e. The maximum absolute atomic E-state index is 14.0. The zero-order chi connectivity index (χ0) is 28.5. The number of likely N-dealkylation sites (N-methyl/N-ethyl adjacent to an activating group) is 1. The van der Waals surface area contributed by atoms with Crippen molar-refractivity contribution in [3.63, 3.8) is 0 Å². The summed E-state index contributed by atoms with van der Waals surface area (Å²) in [6, 6.07) is 5.95. The number of carbonyl (C=O) groups is 1. The SMILES string of the molecule is CCC1(OC(C)C)C(=O)OCc2c1cc1n(c2=O)Cc2c-1nc1cc3c(cc1c2CN1CCN(C)CC1)OCCO3. The maximum Gasteiger partial charge on any atom is 0.343 e. The van der Waals surface area contributed by atoms with Crippen LogP contribution >= 0.6 is 0 Å². The molecule has 3 aromatic rings.